The Morgan fingerprint density at radius 1 is 1.10 bits per heavy atom. The van der Waals surface area contributed by atoms with Crippen molar-refractivity contribution in [3.63, 3.8) is 0 Å². The molecule has 0 amide bonds. The van der Waals surface area contributed by atoms with E-state index in [4.69, 9.17) is 4.74 Å². The van der Waals surface area contributed by atoms with Crippen molar-refractivity contribution in [1.29, 1.82) is 0 Å². The van der Waals surface area contributed by atoms with Gasteiger partial charge in [-0.2, -0.15) is 0 Å². The molecule has 0 atom stereocenters. The van der Waals surface area contributed by atoms with Crippen molar-refractivity contribution in [2.45, 2.75) is 13.8 Å². The number of carbonyl (C=O) groups excluding carboxylic acids is 1. The summed E-state index contributed by atoms with van der Waals surface area (Å²) in [5.41, 5.74) is 3.85. The van der Waals surface area contributed by atoms with Gasteiger partial charge in [0.1, 0.15) is 5.75 Å². The number of ketones is 1. The Morgan fingerprint density at radius 2 is 1.85 bits per heavy atom. The molecule has 0 bridgehead atoms. The molecule has 2 aromatic rings. The van der Waals surface area contributed by atoms with Gasteiger partial charge in [0.25, 0.3) is 0 Å². The molecule has 2 aromatic carbocycles. The van der Waals surface area contributed by atoms with Crippen molar-refractivity contribution >= 4 is 11.9 Å². The summed E-state index contributed by atoms with van der Waals surface area (Å²) in [4.78, 5) is 12.3. The Balaban J connectivity index is 2.27. The molecule has 0 unspecified atom stereocenters. The van der Waals surface area contributed by atoms with E-state index in [0.29, 0.717) is 11.3 Å². The van der Waals surface area contributed by atoms with Crippen LogP contribution in [0.1, 0.15) is 27.0 Å². The van der Waals surface area contributed by atoms with E-state index in [9.17, 15) is 4.79 Å². The lowest BCUT2D eigenvalue weighted by Gasteiger charge is -2.06. The van der Waals surface area contributed by atoms with Gasteiger partial charge in [-0.1, -0.05) is 36.4 Å². The van der Waals surface area contributed by atoms with Gasteiger partial charge in [0.05, 0.1) is 12.7 Å². The highest BCUT2D eigenvalue weighted by molar-refractivity contribution is 6.08. The molecule has 0 fully saturated rings. The largest absolute Gasteiger partial charge is 0.496 e. The van der Waals surface area contributed by atoms with Gasteiger partial charge in [-0.3, -0.25) is 4.79 Å². The third-order valence-electron chi connectivity index (χ3n) is 3.23. The molecule has 2 heteroatoms. The fourth-order valence-corrected chi connectivity index (χ4v) is 2.03. The molecule has 0 aliphatic carbocycles. The fraction of sp³-hybridized carbons (Fsp3) is 0.167. The molecule has 0 spiro atoms. The molecular formula is C18H18O2. The molecule has 2 rings (SSSR count). The molecule has 0 aliphatic heterocycles. The zero-order valence-corrected chi connectivity index (χ0v) is 12.0. The number of aryl methyl sites for hydroxylation is 2. The van der Waals surface area contributed by atoms with E-state index in [0.717, 1.165) is 16.7 Å². The summed E-state index contributed by atoms with van der Waals surface area (Å²) in [7, 11) is 1.58. The maximum Gasteiger partial charge on any atom is 0.189 e. The molecule has 20 heavy (non-hydrogen) atoms. The monoisotopic (exact) mass is 266 g/mol. The topological polar surface area (TPSA) is 26.3 Å². The van der Waals surface area contributed by atoms with Gasteiger partial charge in [-0.05, 0) is 48.7 Å². The SMILES string of the molecule is COc1cc(C)ccc1C(=O)/C=C/c1ccccc1C. The van der Waals surface area contributed by atoms with Gasteiger partial charge in [0, 0.05) is 0 Å². The van der Waals surface area contributed by atoms with Crippen LogP contribution in [0.5, 0.6) is 5.75 Å². The third-order valence-corrected chi connectivity index (χ3v) is 3.23. The van der Waals surface area contributed by atoms with Gasteiger partial charge < -0.3 is 4.74 Å². The van der Waals surface area contributed by atoms with Crippen LogP contribution >= 0.6 is 0 Å². The van der Waals surface area contributed by atoms with Crippen LogP contribution in [0.2, 0.25) is 0 Å². The second-order valence-corrected chi connectivity index (χ2v) is 4.76. The molecule has 0 aromatic heterocycles. The van der Waals surface area contributed by atoms with Crippen molar-refractivity contribution < 1.29 is 9.53 Å². The highest BCUT2D eigenvalue weighted by atomic mass is 16.5. The van der Waals surface area contributed by atoms with Gasteiger partial charge in [-0.25, -0.2) is 0 Å². The summed E-state index contributed by atoms with van der Waals surface area (Å²) >= 11 is 0. The van der Waals surface area contributed by atoms with Crippen LogP contribution in [-0.4, -0.2) is 12.9 Å². The normalized spacial score (nSPS) is 10.8. The highest BCUT2D eigenvalue weighted by Crippen LogP contribution is 2.21. The highest BCUT2D eigenvalue weighted by Gasteiger charge is 2.09. The maximum atomic E-state index is 12.3. The maximum absolute atomic E-state index is 12.3. The molecule has 102 valence electrons. The van der Waals surface area contributed by atoms with Crippen LogP contribution in [0, 0.1) is 13.8 Å². The van der Waals surface area contributed by atoms with E-state index >= 15 is 0 Å². The molecule has 0 heterocycles. The minimum absolute atomic E-state index is 0.0508. The molecule has 0 aliphatic rings. The number of methoxy groups -OCH3 is 1. The van der Waals surface area contributed by atoms with Crippen molar-refractivity contribution in [2.75, 3.05) is 7.11 Å². The average Bonchev–Trinajstić information content (AvgIpc) is 2.46. The number of ether oxygens (including phenoxy) is 1. The summed E-state index contributed by atoms with van der Waals surface area (Å²) in [5.74, 6) is 0.564. The zero-order chi connectivity index (χ0) is 14.5. The van der Waals surface area contributed by atoms with Gasteiger partial charge in [0.2, 0.25) is 0 Å². The first-order valence-corrected chi connectivity index (χ1v) is 6.54. The number of hydrogen-bond donors (Lipinski definition) is 0. The predicted molar refractivity (Wildman–Crippen MR) is 82.3 cm³/mol. The Bertz CT molecular complexity index is 654. The standard InChI is InChI=1S/C18H18O2/c1-13-8-10-16(18(12-13)20-3)17(19)11-9-15-7-5-4-6-14(15)2/h4-12H,1-3H3/b11-9+. The molecule has 0 saturated heterocycles. The van der Waals surface area contributed by atoms with E-state index < -0.39 is 0 Å². The van der Waals surface area contributed by atoms with Crippen molar-refractivity contribution in [3.8, 4) is 5.75 Å². The molecule has 0 N–H and O–H groups in total. The van der Waals surface area contributed by atoms with Crippen LogP contribution in [0.4, 0.5) is 0 Å². The smallest absolute Gasteiger partial charge is 0.189 e. The van der Waals surface area contributed by atoms with Gasteiger partial charge in [0.15, 0.2) is 5.78 Å². The lowest BCUT2D eigenvalue weighted by molar-refractivity contribution is 0.104. The number of allylic oxidation sites excluding steroid dienone is 1. The Labute approximate surface area is 119 Å². The van der Waals surface area contributed by atoms with Crippen molar-refractivity contribution in [1.82, 2.24) is 0 Å². The zero-order valence-electron chi connectivity index (χ0n) is 12.0. The summed E-state index contributed by atoms with van der Waals surface area (Å²) in [5, 5.41) is 0. The molecule has 0 saturated carbocycles. The van der Waals surface area contributed by atoms with Crippen molar-refractivity contribution in [2.24, 2.45) is 0 Å². The average molecular weight is 266 g/mol. The lowest BCUT2D eigenvalue weighted by Crippen LogP contribution is -1.99. The second kappa shape index (κ2) is 6.20. The van der Waals surface area contributed by atoms with E-state index in [1.165, 1.54) is 0 Å². The first-order valence-electron chi connectivity index (χ1n) is 6.54. The molecular weight excluding hydrogens is 248 g/mol. The molecule has 2 nitrogen and oxygen atoms in total. The predicted octanol–water partition coefficient (Wildman–Crippen LogP) is 4.21. The van der Waals surface area contributed by atoms with Gasteiger partial charge in [-0.15, -0.1) is 0 Å². The van der Waals surface area contributed by atoms with E-state index in [-0.39, 0.29) is 5.78 Å². The third kappa shape index (κ3) is 3.15. The van der Waals surface area contributed by atoms with E-state index in [1.807, 2.05) is 56.3 Å². The first-order chi connectivity index (χ1) is 9.61. The van der Waals surface area contributed by atoms with Gasteiger partial charge >= 0.3 is 0 Å². The Morgan fingerprint density at radius 3 is 2.55 bits per heavy atom. The second-order valence-electron chi connectivity index (χ2n) is 4.76. The molecule has 0 radical (unpaired) electrons. The number of benzene rings is 2. The summed E-state index contributed by atoms with van der Waals surface area (Å²) in [6.45, 7) is 4.00. The first kappa shape index (κ1) is 14.1. The van der Waals surface area contributed by atoms with Crippen LogP contribution in [0.15, 0.2) is 48.5 Å². The van der Waals surface area contributed by atoms with Crippen LogP contribution in [0.3, 0.4) is 0 Å². The Hall–Kier alpha value is -2.35. The summed E-state index contributed by atoms with van der Waals surface area (Å²) < 4.78 is 5.27. The minimum atomic E-state index is -0.0508. The number of carbonyl (C=O) groups is 1. The number of hydrogen-bond acceptors (Lipinski definition) is 2. The fourth-order valence-electron chi connectivity index (χ4n) is 2.03. The van der Waals surface area contributed by atoms with Crippen LogP contribution in [-0.2, 0) is 0 Å². The minimum Gasteiger partial charge on any atom is -0.496 e. The summed E-state index contributed by atoms with van der Waals surface area (Å²) in [6, 6.07) is 13.5. The summed E-state index contributed by atoms with van der Waals surface area (Å²) in [6.07, 6.45) is 3.44. The number of rotatable bonds is 4. The Kier molecular flexibility index (Phi) is 4.36. The van der Waals surface area contributed by atoms with Crippen LogP contribution < -0.4 is 4.74 Å². The van der Waals surface area contributed by atoms with E-state index in [2.05, 4.69) is 0 Å². The quantitative estimate of drug-likeness (QED) is 0.612. The lowest BCUT2D eigenvalue weighted by atomic mass is 10.0. The van der Waals surface area contributed by atoms with Crippen LogP contribution in [0.25, 0.3) is 6.08 Å². The van der Waals surface area contributed by atoms with Crippen molar-refractivity contribution in [3.05, 3.63) is 70.8 Å². The van der Waals surface area contributed by atoms with E-state index in [1.54, 1.807) is 19.3 Å².